The second kappa shape index (κ2) is 4.31. The van der Waals surface area contributed by atoms with Crippen LogP contribution in [0.4, 0.5) is 4.79 Å². The van der Waals surface area contributed by atoms with E-state index in [-0.39, 0.29) is 12.6 Å². The van der Waals surface area contributed by atoms with Gasteiger partial charge in [0.05, 0.1) is 24.4 Å². The SMILES string of the molecule is COc1cccc(C2NC(=O)NC3=C2C(=O)OC3)c1. The number of benzene rings is 1. The van der Waals surface area contributed by atoms with E-state index in [1.165, 1.54) is 0 Å². The molecule has 1 aromatic rings. The molecule has 0 aromatic heterocycles. The van der Waals surface area contributed by atoms with Crippen molar-refractivity contribution in [2.75, 3.05) is 13.7 Å². The molecule has 98 valence electrons. The number of esters is 1. The number of urea groups is 1. The van der Waals surface area contributed by atoms with Gasteiger partial charge in [0, 0.05) is 0 Å². The maximum absolute atomic E-state index is 11.8. The zero-order chi connectivity index (χ0) is 13.4. The van der Waals surface area contributed by atoms with Crippen LogP contribution in [0.25, 0.3) is 0 Å². The first kappa shape index (κ1) is 11.6. The fourth-order valence-electron chi connectivity index (χ4n) is 2.26. The van der Waals surface area contributed by atoms with Crippen molar-refractivity contribution in [1.82, 2.24) is 10.6 Å². The Balaban J connectivity index is 2.04. The molecule has 1 unspecified atom stereocenters. The van der Waals surface area contributed by atoms with Crippen molar-refractivity contribution in [3.8, 4) is 5.75 Å². The summed E-state index contributed by atoms with van der Waals surface area (Å²) in [6.45, 7) is 0.113. The van der Waals surface area contributed by atoms with E-state index in [1.54, 1.807) is 19.2 Å². The minimum absolute atomic E-state index is 0.113. The van der Waals surface area contributed by atoms with E-state index in [4.69, 9.17) is 9.47 Å². The molecule has 3 rings (SSSR count). The van der Waals surface area contributed by atoms with Gasteiger partial charge in [-0.1, -0.05) is 12.1 Å². The highest BCUT2D eigenvalue weighted by Gasteiger charge is 2.37. The summed E-state index contributed by atoms with van der Waals surface area (Å²) in [4.78, 5) is 23.3. The van der Waals surface area contributed by atoms with Crippen LogP contribution < -0.4 is 15.4 Å². The van der Waals surface area contributed by atoms with Crippen LogP contribution in [-0.2, 0) is 9.53 Å². The van der Waals surface area contributed by atoms with Crippen molar-refractivity contribution >= 4 is 12.0 Å². The van der Waals surface area contributed by atoms with E-state index >= 15 is 0 Å². The first-order valence-electron chi connectivity index (χ1n) is 5.80. The van der Waals surface area contributed by atoms with E-state index in [9.17, 15) is 9.59 Å². The number of methoxy groups -OCH3 is 1. The second-order valence-corrected chi connectivity index (χ2v) is 4.28. The molecule has 0 saturated heterocycles. The molecule has 2 heterocycles. The molecular weight excluding hydrogens is 248 g/mol. The number of amides is 2. The van der Waals surface area contributed by atoms with Crippen molar-refractivity contribution < 1.29 is 19.1 Å². The van der Waals surface area contributed by atoms with E-state index in [0.717, 1.165) is 5.56 Å². The summed E-state index contributed by atoms with van der Waals surface area (Å²) in [7, 11) is 1.56. The molecule has 0 spiro atoms. The molecule has 1 aromatic carbocycles. The van der Waals surface area contributed by atoms with Gasteiger partial charge in [0.25, 0.3) is 0 Å². The predicted octanol–water partition coefficient (Wildman–Crippen LogP) is 0.860. The van der Waals surface area contributed by atoms with Gasteiger partial charge in [-0.05, 0) is 17.7 Å². The van der Waals surface area contributed by atoms with Gasteiger partial charge in [0.2, 0.25) is 0 Å². The average molecular weight is 260 g/mol. The van der Waals surface area contributed by atoms with Crippen LogP contribution in [0.15, 0.2) is 35.5 Å². The van der Waals surface area contributed by atoms with Crippen LogP contribution in [0.2, 0.25) is 0 Å². The quantitative estimate of drug-likeness (QED) is 0.773. The number of carbonyl (C=O) groups is 2. The van der Waals surface area contributed by atoms with Crippen molar-refractivity contribution in [1.29, 1.82) is 0 Å². The number of ether oxygens (including phenoxy) is 2. The lowest BCUT2D eigenvalue weighted by molar-refractivity contribution is -0.136. The number of hydrogen-bond donors (Lipinski definition) is 2. The fraction of sp³-hybridized carbons (Fsp3) is 0.231. The van der Waals surface area contributed by atoms with Crippen LogP contribution in [0.1, 0.15) is 11.6 Å². The maximum atomic E-state index is 11.8. The zero-order valence-electron chi connectivity index (χ0n) is 10.2. The number of hydrogen-bond acceptors (Lipinski definition) is 4. The molecule has 0 saturated carbocycles. The molecular formula is C13H12N2O4. The van der Waals surface area contributed by atoms with Crippen molar-refractivity contribution in [2.24, 2.45) is 0 Å². The summed E-state index contributed by atoms with van der Waals surface area (Å²) in [6.07, 6.45) is 0. The summed E-state index contributed by atoms with van der Waals surface area (Å²) >= 11 is 0. The predicted molar refractivity (Wildman–Crippen MR) is 65.4 cm³/mol. The van der Waals surface area contributed by atoms with Crippen LogP contribution in [0.3, 0.4) is 0 Å². The fourth-order valence-corrected chi connectivity index (χ4v) is 2.26. The van der Waals surface area contributed by atoms with Crippen LogP contribution in [0, 0.1) is 0 Å². The Bertz CT molecular complexity index is 594. The smallest absolute Gasteiger partial charge is 0.338 e. The zero-order valence-corrected chi connectivity index (χ0v) is 10.2. The molecule has 0 radical (unpaired) electrons. The van der Waals surface area contributed by atoms with Crippen molar-refractivity contribution in [3.63, 3.8) is 0 Å². The van der Waals surface area contributed by atoms with Gasteiger partial charge in [-0.2, -0.15) is 0 Å². The Morgan fingerprint density at radius 3 is 3.00 bits per heavy atom. The number of cyclic esters (lactones) is 1. The van der Waals surface area contributed by atoms with E-state index in [2.05, 4.69) is 10.6 Å². The standard InChI is InChI=1S/C13H12N2O4/c1-18-8-4-2-3-7(5-8)11-10-9(6-19-12(10)16)14-13(17)15-11/h2-5,11H,6H2,1H3,(H2,14,15,17). The summed E-state index contributed by atoms with van der Waals surface area (Å²) in [6, 6.07) is 6.37. The summed E-state index contributed by atoms with van der Waals surface area (Å²) in [5.74, 6) is 0.258. The largest absolute Gasteiger partial charge is 0.497 e. The highest BCUT2D eigenvalue weighted by molar-refractivity contribution is 5.97. The van der Waals surface area contributed by atoms with E-state index in [0.29, 0.717) is 17.0 Å². The van der Waals surface area contributed by atoms with Gasteiger partial charge in [-0.15, -0.1) is 0 Å². The topological polar surface area (TPSA) is 76.7 Å². The Morgan fingerprint density at radius 1 is 1.37 bits per heavy atom. The lowest BCUT2D eigenvalue weighted by Gasteiger charge is -2.24. The average Bonchev–Trinajstić information content (AvgIpc) is 2.79. The molecule has 19 heavy (non-hydrogen) atoms. The van der Waals surface area contributed by atoms with Gasteiger partial charge >= 0.3 is 12.0 Å². The lowest BCUT2D eigenvalue weighted by Crippen LogP contribution is -2.44. The van der Waals surface area contributed by atoms with Gasteiger partial charge in [0.1, 0.15) is 12.4 Å². The molecule has 2 N–H and O–H groups in total. The van der Waals surface area contributed by atoms with Crippen LogP contribution in [-0.4, -0.2) is 25.7 Å². The Hall–Kier alpha value is -2.50. The molecule has 2 aliphatic rings. The lowest BCUT2D eigenvalue weighted by atomic mass is 9.96. The van der Waals surface area contributed by atoms with Gasteiger partial charge < -0.3 is 20.1 Å². The Morgan fingerprint density at radius 2 is 2.21 bits per heavy atom. The Labute approximate surface area is 109 Å². The number of nitrogens with one attached hydrogen (secondary N) is 2. The Kier molecular flexibility index (Phi) is 2.63. The minimum atomic E-state index is -0.506. The molecule has 0 fully saturated rings. The molecule has 6 heteroatoms. The summed E-state index contributed by atoms with van der Waals surface area (Å²) in [5, 5.41) is 5.31. The molecule has 2 amide bonds. The minimum Gasteiger partial charge on any atom is -0.497 e. The van der Waals surface area contributed by atoms with Gasteiger partial charge in [-0.25, -0.2) is 9.59 Å². The molecule has 2 aliphatic heterocycles. The highest BCUT2D eigenvalue weighted by atomic mass is 16.5. The maximum Gasteiger partial charge on any atom is 0.338 e. The first-order chi connectivity index (χ1) is 9.19. The third-order valence-corrected chi connectivity index (χ3v) is 3.15. The van der Waals surface area contributed by atoms with Gasteiger partial charge in [0.15, 0.2) is 0 Å². The van der Waals surface area contributed by atoms with Crippen LogP contribution in [0.5, 0.6) is 5.75 Å². The van der Waals surface area contributed by atoms with Crippen LogP contribution >= 0.6 is 0 Å². The normalized spacial score (nSPS) is 21.4. The monoisotopic (exact) mass is 260 g/mol. The molecule has 1 atom stereocenters. The van der Waals surface area contributed by atoms with Crippen molar-refractivity contribution in [2.45, 2.75) is 6.04 Å². The summed E-state index contributed by atoms with van der Waals surface area (Å²) < 4.78 is 10.1. The summed E-state index contributed by atoms with van der Waals surface area (Å²) in [5.41, 5.74) is 1.76. The molecule has 0 aliphatic carbocycles. The molecule has 6 nitrogen and oxygen atoms in total. The third-order valence-electron chi connectivity index (χ3n) is 3.15. The number of carbonyl (C=O) groups excluding carboxylic acids is 2. The highest BCUT2D eigenvalue weighted by Crippen LogP contribution is 2.32. The second-order valence-electron chi connectivity index (χ2n) is 4.28. The third kappa shape index (κ3) is 1.91. The van der Waals surface area contributed by atoms with Crippen molar-refractivity contribution in [3.05, 3.63) is 41.1 Å². The van der Waals surface area contributed by atoms with E-state index < -0.39 is 12.0 Å². The van der Waals surface area contributed by atoms with Gasteiger partial charge in [-0.3, -0.25) is 0 Å². The number of rotatable bonds is 2. The first-order valence-corrected chi connectivity index (χ1v) is 5.80. The molecule has 0 bridgehead atoms. The van der Waals surface area contributed by atoms with E-state index in [1.807, 2.05) is 12.1 Å².